The number of rotatable bonds is 9. The van der Waals surface area contributed by atoms with Gasteiger partial charge >= 0.3 is 0 Å². The lowest BCUT2D eigenvalue weighted by Crippen LogP contribution is -2.43. The van der Waals surface area contributed by atoms with Crippen molar-refractivity contribution in [2.45, 2.75) is 25.3 Å². The maximum absolute atomic E-state index is 14.2. The van der Waals surface area contributed by atoms with Crippen molar-refractivity contribution in [2.24, 2.45) is 5.92 Å². The zero-order valence-corrected chi connectivity index (χ0v) is 21.4. The zero-order chi connectivity index (χ0) is 24.9. The zero-order valence-electron chi connectivity index (χ0n) is 18.2. The van der Waals surface area contributed by atoms with Crippen LogP contribution < -0.4 is 10.1 Å². The fourth-order valence-corrected chi connectivity index (χ4v) is 5.96. The van der Waals surface area contributed by atoms with Gasteiger partial charge in [-0.3, -0.25) is 9.69 Å². The van der Waals surface area contributed by atoms with Gasteiger partial charge in [0.15, 0.2) is 0 Å². The van der Waals surface area contributed by atoms with Crippen molar-refractivity contribution >= 4 is 51.8 Å². The molecule has 1 fully saturated rings. The van der Waals surface area contributed by atoms with Crippen LogP contribution >= 0.6 is 45.9 Å². The van der Waals surface area contributed by atoms with Gasteiger partial charge in [-0.2, -0.15) is 4.98 Å². The number of nitrogens with one attached hydrogen (secondary N) is 1. The topological polar surface area (TPSA) is 67.4 Å². The Morgan fingerprint density at radius 3 is 2.69 bits per heavy atom. The first kappa shape index (κ1) is 26.2. The first-order valence-electron chi connectivity index (χ1n) is 10.7. The number of thiazole rings is 2. The number of hydrogen-bond donors (Lipinski definition) is 1. The van der Waals surface area contributed by atoms with E-state index in [9.17, 15) is 18.0 Å². The van der Waals surface area contributed by atoms with Gasteiger partial charge in [-0.25, -0.2) is 18.2 Å². The predicted molar refractivity (Wildman–Crippen MR) is 130 cm³/mol. The molecule has 0 aliphatic carbocycles. The number of ether oxygens (including phenoxy) is 1. The van der Waals surface area contributed by atoms with Crippen LogP contribution in [-0.4, -0.2) is 47.0 Å². The molecule has 0 saturated carbocycles. The van der Waals surface area contributed by atoms with E-state index < -0.39 is 24.2 Å². The van der Waals surface area contributed by atoms with E-state index in [-0.39, 0.29) is 28.7 Å². The fraction of sp³-hybridized carbons (Fsp3) is 0.409. The van der Waals surface area contributed by atoms with Gasteiger partial charge in [0.25, 0.3) is 17.5 Å². The summed E-state index contributed by atoms with van der Waals surface area (Å²) in [5.74, 6) is -1.19. The number of amides is 1. The molecule has 1 amide bonds. The Bertz CT molecular complexity index is 1140. The molecule has 0 bridgehead atoms. The SMILES string of the molecule is O=C(NCC(c1scnc1C(F)F)N1CCC(COc2nc(Cl)cs2)CC1)c1c(F)cccc1Cl. The minimum atomic E-state index is -2.74. The molecule has 188 valence electrons. The number of hydrogen-bond acceptors (Lipinski definition) is 7. The molecule has 35 heavy (non-hydrogen) atoms. The molecule has 1 N–H and O–H groups in total. The number of carbonyl (C=O) groups is 1. The van der Waals surface area contributed by atoms with E-state index in [1.54, 1.807) is 5.38 Å². The Kier molecular flexibility index (Phi) is 8.87. The molecule has 1 saturated heterocycles. The molecule has 0 spiro atoms. The molecule has 1 unspecified atom stereocenters. The molecule has 3 aromatic rings. The van der Waals surface area contributed by atoms with Crippen LogP contribution in [0.15, 0.2) is 29.1 Å². The lowest BCUT2D eigenvalue weighted by atomic mass is 9.96. The van der Waals surface area contributed by atoms with E-state index in [0.29, 0.717) is 34.9 Å². The number of alkyl halides is 2. The highest BCUT2D eigenvalue weighted by atomic mass is 35.5. The number of halogens is 5. The first-order chi connectivity index (χ1) is 16.8. The highest BCUT2D eigenvalue weighted by molar-refractivity contribution is 7.11. The highest BCUT2D eigenvalue weighted by Crippen LogP contribution is 2.35. The Hall–Kier alpha value is -1.92. The van der Waals surface area contributed by atoms with Gasteiger partial charge in [0.05, 0.1) is 33.6 Å². The maximum atomic E-state index is 14.2. The van der Waals surface area contributed by atoms with Crippen molar-refractivity contribution in [3.8, 4) is 5.19 Å². The van der Waals surface area contributed by atoms with Gasteiger partial charge in [-0.1, -0.05) is 40.6 Å². The number of aromatic nitrogens is 2. The summed E-state index contributed by atoms with van der Waals surface area (Å²) in [6.45, 7) is 1.69. The lowest BCUT2D eigenvalue weighted by molar-refractivity contribution is 0.0870. The largest absolute Gasteiger partial charge is 0.470 e. The summed E-state index contributed by atoms with van der Waals surface area (Å²) in [6.07, 6.45) is -1.21. The fourth-order valence-electron chi connectivity index (χ4n) is 3.98. The Morgan fingerprint density at radius 2 is 2.03 bits per heavy atom. The van der Waals surface area contributed by atoms with Crippen LogP contribution in [-0.2, 0) is 0 Å². The minimum absolute atomic E-state index is 0.00416. The monoisotopic (exact) mass is 564 g/mol. The third-order valence-electron chi connectivity index (χ3n) is 5.77. The van der Waals surface area contributed by atoms with Crippen molar-refractivity contribution < 1.29 is 22.7 Å². The predicted octanol–water partition coefficient (Wildman–Crippen LogP) is 6.25. The molecule has 2 aromatic heterocycles. The van der Waals surface area contributed by atoms with Gasteiger partial charge in [0.2, 0.25) is 0 Å². The molecule has 6 nitrogen and oxygen atoms in total. The van der Waals surface area contributed by atoms with Crippen LogP contribution in [0.5, 0.6) is 5.19 Å². The van der Waals surface area contributed by atoms with Gasteiger partial charge in [-0.05, 0) is 44.0 Å². The van der Waals surface area contributed by atoms with E-state index in [1.807, 2.05) is 4.90 Å². The summed E-state index contributed by atoms with van der Waals surface area (Å²) in [5.41, 5.74) is 0.799. The van der Waals surface area contributed by atoms with Crippen LogP contribution in [0.4, 0.5) is 13.2 Å². The average Bonchev–Trinajstić information content (AvgIpc) is 3.48. The Labute approximate surface area is 218 Å². The second-order valence-corrected chi connectivity index (χ2v) is 10.5. The molecule has 1 aromatic carbocycles. The Balaban J connectivity index is 1.43. The van der Waals surface area contributed by atoms with Gasteiger partial charge in [0, 0.05) is 11.9 Å². The third kappa shape index (κ3) is 6.45. The van der Waals surface area contributed by atoms with Crippen molar-refractivity contribution in [3.63, 3.8) is 0 Å². The quantitative estimate of drug-likeness (QED) is 0.333. The number of nitrogens with zero attached hydrogens (tertiary/aromatic N) is 3. The van der Waals surface area contributed by atoms with E-state index in [2.05, 4.69) is 15.3 Å². The molecule has 13 heteroatoms. The molecule has 1 aliphatic heterocycles. The van der Waals surface area contributed by atoms with E-state index >= 15 is 0 Å². The molecule has 3 heterocycles. The van der Waals surface area contributed by atoms with Crippen molar-refractivity contribution in [1.29, 1.82) is 0 Å². The third-order valence-corrected chi connectivity index (χ3v) is 8.10. The van der Waals surface area contributed by atoms with Crippen molar-refractivity contribution in [1.82, 2.24) is 20.2 Å². The van der Waals surface area contributed by atoms with Crippen molar-refractivity contribution in [2.75, 3.05) is 26.2 Å². The molecule has 1 aliphatic rings. The summed E-state index contributed by atoms with van der Waals surface area (Å²) in [5, 5.41) is 5.25. The van der Waals surface area contributed by atoms with E-state index in [1.165, 1.54) is 29.0 Å². The molecular formula is C22H21Cl2F3N4O2S2. The molecule has 4 rings (SSSR count). The first-order valence-corrected chi connectivity index (χ1v) is 13.3. The molecule has 1 atom stereocenters. The second-order valence-electron chi connectivity index (χ2n) is 7.95. The van der Waals surface area contributed by atoms with Gasteiger partial charge < -0.3 is 10.1 Å². The summed E-state index contributed by atoms with van der Waals surface area (Å²) >= 11 is 14.3. The Morgan fingerprint density at radius 1 is 1.26 bits per heavy atom. The number of piperidine rings is 1. The molecule has 0 radical (unpaired) electrons. The summed E-state index contributed by atoms with van der Waals surface area (Å²) in [7, 11) is 0. The van der Waals surface area contributed by atoms with Crippen LogP contribution in [0.3, 0.4) is 0 Å². The van der Waals surface area contributed by atoms with Crippen LogP contribution in [0, 0.1) is 11.7 Å². The molecular weight excluding hydrogens is 544 g/mol. The number of likely N-dealkylation sites (tertiary alicyclic amines) is 1. The van der Waals surface area contributed by atoms with Crippen LogP contribution in [0.25, 0.3) is 0 Å². The summed E-state index contributed by atoms with van der Waals surface area (Å²) in [4.78, 5) is 23.0. The number of carbonyl (C=O) groups excluding carboxylic acids is 1. The standard InChI is InChI=1S/C22H21Cl2F3N4O2S2/c23-13-2-1-3-14(25)17(13)21(32)28-8-15(19-18(20(26)27)29-11-35-19)31-6-4-12(5-7-31)9-33-22-30-16(24)10-34-22/h1-3,10-12,15,20H,4-9H2,(H,28,32). The van der Waals surface area contributed by atoms with Gasteiger partial charge in [-0.15, -0.1) is 11.3 Å². The maximum Gasteiger partial charge on any atom is 0.281 e. The van der Waals surface area contributed by atoms with E-state index in [4.69, 9.17) is 27.9 Å². The second kappa shape index (κ2) is 11.9. The van der Waals surface area contributed by atoms with Crippen LogP contribution in [0.2, 0.25) is 10.2 Å². The van der Waals surface area contributed by atoms with E-state index in [0.717, 1.165) is 30.2 Å². The normalized spacial score (nSPS) is 15.9. The summed E-state index contributed by atoms with van der Waals surface area (Å²) in [6, 6.07) is 3.42. The highest BCUT2D eigenvalue weighted by Gasteiger charge is 2.32. The number of benzene rings is 1. The minimum Gasteiger partial charge on any atom is -0.470 e. The lowest BCUT2D eigenvalue weighted by Gasteiger charge is -2.37. The smallest absolute Gasteiger partial charge is 0.281 e. The van der Waals surface area contributed by atoms with Gasteiger partial charge in [0.1, 0.15) is 16.7 Å². The summed E-state index contributed by atoms with van der Waals surface area (Å²) < 4.78 is 47.2. The van der Waals surface area contributed by atoms with Crippen LogP contribution in [0.1, 0.15) is 46.2 Å². The average molecular weight is 565 g/mol. The van der Waals surface area contributed by atoms with Crippen molar-refractivity contribution in [3.05, 3.63) is 61.2 Å².